The summed E-state index contributed by atoms with van der Waals surface area (Å²) >= 11 is 0. The fourth-order valence-corrected chi connectivity index (χ4v) is 2.95. The lowest BCUT2D eigenvalue weighted by molar-refractivity contribution is 0.0123. The van der Waals surface area contributed by atoms with Crippen LogP contribution >= 0.6 is 0 Å². The fourth-order valence-electron chi connectivity index (χ4n) is 2.95. The van der Waals surface area contributed by atoms with Gasteiger partial charge in [0, 0.05) is 37.2 Å². The molecule has 2 atom stereocenters. The van der Waals surface area contributed by atoms with Crippen molar-refractivity contribution in [1.82, 2.24) is 4.90 Å². The normalized spacial score (nSPS) is 24.9. The Bertz CT molecular complexity index is 224. The highest BCUT2D eigenvalue weighted by molar-refractivity contribution is 4.96. The molecule has 1 fully saturated rings. The highest BCUT2D eigenvalue weighted by Crippen LogP contribution is 2.32. The van der Waals surface area contributed by atoms with Crippen LogP contribution in [0.2, 0.25) is 0 Å². The van der Waals surface area contributed by atoms with Crippen molar-refractivity contribution in [3.05, 3.63) is 0 Å². The Morgan fingerprint density at radius 1 is 1.35 bits per heavy atom. The van der Waals surface area contributed by atoms with Crippen molar-refractivity contribution in [3.8, 4) is 0 Å². The molecule has 102 valence electrons. The first-order valence-electron chi connectivity index (χ1n) is 6.96. The van der Waals surface area contributed by atoms with Gasteiger partial charge in [-0.25, -0.2) is 0 Å². The van der Waals surface area contributed by atoms with Crippen LogP contribution in [0.25, 0.3) is 0 Å². The summed E-state index contributed by atoms with van der Waals surface area (Å²) in [6, 6.07) is 0.534. The van der Waals surface area contributed by atoms with E-state index < -0.39 is 0 Å². The fraction of sp³-hybridized carbons (Fsp3) is 1.00. The Hall–Kier alpha value is -0.120. The van der Waals surface area contributed by atoms with Crippen LogP contribution in [0.4, 0.5) is 0 Å². The van der Waals surface area contributed by atoms with E-state index >= 15 is 0 Å². The maximum Gasteiger partial charge on any atom is 0.0513 e. The Balaban J connectivity index is 2.85. The summed E-state index contributed by atoms with van der Waals surface area (Å²) in [5.74, 6) is 1.25. The average molecular weight is 242 g/mol. The molecular formula is C14H30N2O. The predicted molar refractivity (Wildman–Crippen MR) is 73.1 cm³/mol. The van der Waals surface area contributed by atoms with Crippen LogP contribution in [-0.2, 0) is 4.74 Å². The third-order valence-electron chi connectivity index (χ3n) is 4.06. The monoisotopic (exact) mass is 242 g/mol. The van der Waals surface area contributed by atoms with Crippen molar-refractivity contribution in [2.75, 3.05) is 26.3 Å². The van der Waals surface area contributed by atoms with Gasteiger partial charge in [-0.3, -0.25) is 4.90 Å². The minimum atomic E-state index is 0.0783. The van der Waals surface area contributed by atoms with Crippen molar-refractivity contribution in [3.63, 3.8) is 0 Å². The molecule has 1 rings (SSSR count). The van der Waals surface area contributed by atoms with Gasteiger partial charge < -0.3 is 10.5 Å². The minimum Gasteiger partial charge on any atom is -0.381 e. The first-order valence-corrected chi connectivity index (χ1v) is 6.96. The molecule has 2 N–H and O–H groups in total. The molecule has 0 aliphatic carbocycles. The van der Waals surface area contributed by atoms with Crippen LogP contribution in [0.1, 0.15) is 41.0 Å². The summed E-state index contributed by atoms with van der Waals surface area (Å²) in [5.41, 5.74) is 6.18. The van der Waals surface area contributed by atoms with E-state index in [0.717, 1.165) is 26.2 Å². The zero-order valence-electron chi connectivity index (χ0n) is 12.2. The van der Waals surface area contributed by atoms with E-state index in [1.54, 1.807) is 0 Å². The first kappa shape index (κ1) is 14.9. The zero-order valence-corrected chi connectivity index (χ0v) is 12.2. The van der Waals surface area contributed by atoms with Gasteiger partial charge in [-0.15, -0.1) is 0 Å². The summed E-state index contributed by atoms with van der Waals surface area (Å²) < 4.78 is 5.56. The van der Waals surface area contributed by atoms with Gasteiger partial charge in [-0.05, 0) is 33.1 Å². The highest BCUT2D eigenvalue weighted by atomic mass is 16.5. The van der Waals surface area contributed by atoms with Gasteiger partial charge in [0.25, 0.3) is 0 Å². The van der Waals surface area contributed by atoms with E-state index in [1.165, 1.54) is 0 Å². The van der Waals surface area contributed by atoms with Gasteiger partial charge in [0.2, 0.25) is 0 Å². The van der Waals surface area contributed by atoms with Crippen molar-refractivity contribution in [1.29, 1.82) is 0 Å². The Labute approximate surface area is 107 Å². The molecule has 0 radical (unpaired) electrons. The summed E-state index contributed by atoms with van der Waals surface area (Å²) in [5, 5.41) is 0. The molecule has 1 aliphatic rings. The van der Waals surface area contributed by atoms with Gasteiger partial charge in [0.05, 0.1) is 6.61 Å². The van der Waals surface area contributed by atoms with E-state index in [-0.39, 0.29) is 5.54 Å². The SMILES string of the molecule is CC(C)CN(C(C)C)C(C)(CN)C1CCOC1. The van der Waals surface area contributed by atoms with Crippen LogP contribution in [0.5, 0.6) is 0 Å². The van der Waals surface area contributed by atoms with Gasteiger partial charge >= 0.3 is 0 Å². The molecular weight excluding hydrogens is 212 g/mol. The van der Waals surface area contributed by atoms with Crippen LogP contribution in [0.15, 0.2) is 0 Å². The summed E-state index contributed by atoms with van der Waals surface area (Å²) in [6.07, 6.45) is 1.15. The molecule has 2 unspecified atom stereocenters. The lowest BCUT2D eigenvalue weighted by Gasteiger charge is -2.47. The molecule has 3 heteroatoms. The zero-order chi connectivity index (χ0) is 13.1. The number of nitrogens with two attached hydrogens (primary N) is 1. The topological polar surface area (TPSA) is 38.5 Å². The first-order chi connectivity index (χ1) is 7.91. The van der Waals surface area contributed by atoms with Crippen LogP contribution < -0.4 is 5.73 Å². The molecule has 17 heavy (non-hydrogen) atoms. The van der Waals surface area contributed by atoms with Gasteiger partial charge in [-0.1, -0.05) is 13.8 Å². The average Bonchev–Trinajstić information content (AvgIpc) is 2.78. The molecule has 0 aromatic rings. The van der Waals surface area contributed by atoms with Crippen LogP contribution in [0.3, 0.4) is 0 Å². The molecule has 1 heterocycles. The molecule has 1 aliphatic heterocycles. The minimum absolute atomic E-state index is 0.0783. The number of ether oxygens (including phenoxy) is 1. The molecule has 0 spiro atoms. The Kier molecular flexibility index (Phi) is 5.42. The lowest BCUT2D eigenvalue weighted by Crippen LogP contribution is -2.60. The van der Waals surface area contributed by atoms with E-state index in [1.807, 2.05) is 0 Å². The van der Waals surface area contributed by atoms with Crippen molar-refractivity contribution >= 4 is 0 Å². The van der Waals surface area contributed by atoms with Crippen molar-refractivity contribution < 1.29 is 4.74 Å². The van der Waals surface area contributed by atoms with E-state index in [2.05, 4.69) is 39.5 Å². The van der Waals surface area contributed by atoms with Gasteiger partial charge in [-0.2, -0.15) is 0 Å². The van der Waals surface area contributed by atoms with Crippen LogP contribution in [-0.4, -0.2) is 42.8 Å². The van der Waals surface area contributed by atoms with E-state index in [4.69, 9.17) is 10.5 Å². The number of nitrogens with zero attached hydrogens (tertiary/aromatic N) is 1. The maximum atomic E-state index is 6.10. The largest absolute Gasteiger partial charge is 0.381 e. The van der Waals surface area contributed by atoms with E-state index in [9.17, 15) is 0 Å². The predicted octanol–water partition coefficient (Wildman–Crippen LogP) is 2.11. The number of hydrogen-bond donors (Lipinski definition) is 1. The molecule has 3 nitrogen and oxygen atoms in total. The number of hydrogen-bond acceptors (Lipinski definition) is 3. The second-order valence-corrected chi connectivity index (χ2v) is 6.26. The Morgan fingerprint density at radius 3 is 2.35 bits per heavy atom. The van der Waals surface area contributed by atoms with Crippen molar-refractivity contribution in [2.24, 2.45) is 17.6 Å². The highest BCUT2D eigenvalue weighted by Gasteiger charge is 2.41. The molecule has 0 aromatic carbocycles. The third-order valence-corrected chi connectivity index (χ3v) is 4.06. The quantitative estimate of drug-likeness (QED) is 0.775. The molecule has 1 saturated heterocycles. The summed E-state index contributed by atoms with van der Waals surface area (Å²) in [7, 11) is 0. The maximum absolute atomic E-state index is 6.10. The molecule has 0 bridgehead atoms. The standard InChI is InChI=1S/C14H30N2O/c1-11(2)8-16(12(3)4)14(5,10-15)13-6-7-17-9-13/h11-13H,6-10,15H2,1-5H3. The molecule has 0 amide bonds. The van der Waals surface area contributed by atoms with Gasteiger partial charge in [0.1, 0.15) is 0 Å². The summed E-state index contributed by atoms with van der Waals surface area (Å²) in [4.78, 5) is 2.58. The van der Waals surface area contributed by atoms with Crippen molar-refractivity contribution in [2.45, 2.75) is 52.6 Å². The second kappa shape index (κ2) is 6.17. The third kappa shape index (κ3) is 3.43. The van der Waals surface area contributed by atoms with E-state index in [0.29, 0.717) is 24.4 Å². The Morgan fingerprint density at radius 2 is 2.00 bits per heavy atom. The lowest BCUT2D eigenvalue weighted by atomic mass is 9.82. The summed E-state index contributed by atoms with van der Waals surface area (Å²) in [6.45, 7) is 15.0. The number of rotatable bonds is 6. The second-order valence-electron chi connectivity index (χ2n) is 6.26. The molecule has 0 aromatic heterocycles. The molecule has 0 saturated carbocycles. The van der Waals surface area contributed by atoms with Crippen LogP contribution in [0, 0.1) is 11.8 Å². The van der Waals surface area contributed by atoms with Gasteiger partial charge in [0.15, 0.2) is 0 Å². The smallest absolute Gasteiger partial charge is 0.0513 e.